The molecule has 0 amide bonds. The molecule has 1 N–H and O–H groups in total. The first-order chi connectivity index (χ1) is 8.66. The molecule has 0 bridgehead atoms. The summed E-state index contributed by atoms with van der Waals surface area (Å²) >= 11 is 5.90. The Labute approximate surface area is 113 Å². The summed E-state index contributed by atoms with van der Waals surface area (Å²) in [5.41, 5.74) is 0.886. The molecule has 2 rings (SSSR count). The van der Waals surface area contributed by atoms with Gasteiger partial charge in [-0.1, -0.05) is 23.7 Å². The SMILES string of the molecule is CN(Cc1cccc(Cl)c1O)CC1CCOCC1. The first kappa shape index (κ1) is 13.7. The summed E-state index contributed by atoms with van der Waals surface area (Å²) in [5.74, 6) is 0.906. The quantitative estimate of drug-likeness (QED) is 0.912. The number of hydrogen-bond donors (Lipinski definition) is 1. The van der Waals surface area contributed by atoms with Gasteiger partial charge in [-0.25, -0.2) is 0 Å². The van der Waals surface area contributed by atoms with Gasteiger partial charge in [-0.2, -0.15) is 0 Å². The lowest BCUT2D eigenvalue weighted by Gasteiger charge is -2.27. The number of para-hydroxylation sites is 1. The zero-order valence-corrected chi connectivity index (χ0v) is 11.5. The molecule has 18 heavy (non-hydrogen) atoms. The van der Waals surface area contributed by atoms with Crippen molar-refractivity contribution in [2.24, 2.45) is 5.92 Å². The van der Waals surface area contributed by atoms with Gasteiger partial charge < -0.3 is 14.7 Å². The summed E-state index contributed by atoms with van der Waals surface area (Å²) in [5, 5.41) is 10.3. The molecule has 1 aliphatic rings. The van der Waals surface area contributed by atoms with Crippen molar-refractivity contribution >= 4 is 11.6 Å². The molecule has 1 aromatic rings. The molecule has 0 saturated carbocycles. The van der Waals surface area contributed by atoms with E-state index in [1.54, 1.807) is 6.07 Å². The Hall–Kier alpha value is -0.770. The van der Waals surface area contributed by atoms with Crippen molar-refractivity contribution in [2.75, 3.05) is 26.8 Å². The van der Waals surface area contributed by atoms with Gasteiger partial charge in [-0.05, 0) is 31.9 Å². The normalized spacial score (nSPS) is 17.3. The van der Waals surface area contributed by atoms with Crippen molar-refractivity contribution in [3.63, 3.8) is 0 Å². The van der Waals surface area contributed by atoms with Crippen molar-refractivity contribution in [3.05, 3.63) is 28.8 Å². The number of ether oxygens (including phenoxy) is 1. The Bertz CT molecular complexity index is 391. The van der Waals surface area contributed by atoms with Crippen LogP contribution in [0.2, 0.25) is 5.02 Å². The predicted octanol–water partition coefficient (Wildman–Crippen LogP) is 2.90. The molecule has 0 unspecified atom stereocenters. The molecule has 1 saturated heterocycles. The molecule has 3 nitrogen and oxygen atoms in total. The molecule has 0 aliphatic carbocycles. The van der Waals surface area contributed by atoms with Crippen LogP contribution in [0, 0.1) is 5.92 Å². The van der Waals surface area contributed by atoms with E-state index in [9.17, 15) is 5.11 Å². The van der Waals surface area contributed by atoms with E-state index in [1.807, 2.05) is 12.1 Å². The van der Waals surface area contributed by atoms with Crippen LogP contribution < -0.4 is 0 Å². The minimum atomic E-state index is 0.206. The lowest BCUT2D eigenvalue weighted by atomic mass is 9.99. The van der Waals surface area contributed by atoms with Crippen molar-refractivity contribution in [2.45, 2.75) is 19.4 Å². The fourth-order valence-corrected chi connectivity index (χ4v) is 2.61. The second kappa shape index (κ2) is 6.41. The van der Waals surface area contributed by atoms with Crippen LogP contribution in [0.3, 0.4) is 0 Å². The average Bonchev–Trinajstić information content (AvgIpc) is 2.36. The van der Waals surface area contributed by atoms with Crippen LogP contribution in [-0.2, 0) is 11.3 Å². The van der Waals surface area contributed by atoms with Gasteiger partial charge in [0.25, 0.3) is 0 Å². The number of phenolic OH excluding ortho intramolecular Hbond substituents is 1. The smallest absolute Gasteiger partial charge is 0.138 e. The minimum Gasteiger partial charge on any atom is -0.506 e. The standard InChI is InChI=1S/C14H20ClNO2/c1-16(9-11-5-7-18-8-6-11)10-12-3-2-4-13(15)14(12)17/h2-4,11,17H,5-10H2,1H3. The summed E-state index contributed by atoms with van der Waals surface area (Å²) in [4.78, 5) is 2.24. The van der Waals surface area contributed by atoms with Gasteiger partial charge in [0.05, 0.1) is 5.02 Å². The third-order valence-electron chi connectivity index (χ3n) is 3.42. The second-order valence-electron chi connectivity index (χ2n) is 5.00. The Balaban J connectivity index is 1.90. The van der Waals surface area contributed by atoms with Crippen molar-refractivity contribution in [3.8, 4) is 5.75 Å². The highest BCUT2D eigenvalue weighted by Crippen LogP contribution is 2.28. The molecular weight excluding hydrogens is 250 g/mol. The van der Waals surface area contributed by atoms with Crippen molar-refractivity contribution in [1.82, 2.24) is 4.90 Å². The summed E-state index contributed by atoms with van der Waals surface area (Å²) in [6, 6.07) is 5.50. The van der Waals surface area contributed by atoms with E-state index in [0.29, 0.717) is 10.9 Å². The molecule has 100 valence electrons. The monoisotopic (exact) mass is 269 g/mol. The number of nitrogens with zero attached hydrogens (tertiary/aromatic N) is 1. The van der Waals surface area contributed by atoms with E-state index in [0.717, 1.165) is 44.7 Å². The fraction of sp³-hybridized carbons (Fsp3) is 0.571. The van der Waals surface area contributed by atoms with E-state index in [2.05, 4.69) is 11.9 Å². The zero-order chi connectivity index (χ0) is 13.0. The van der Waals surface area contributed by atoms with Gasteiger partial charge in [0, 0.05) is 31.9 Å². The van der Waals surface area contributed by atoms with Gasteiger partial charge in [-0.3, -0.25) is 0 Å². The lowest BCUT2D eigenvalue weighted by molar-refractivity contribution is 0.0549. The van der Waals surface area contributed by atoms with Crippen LogP contribution in [0.5, 0.6) is 5.75 Å². The van der Waals surface area contributed by atoms with Crippen LogP contribution >= 0.6 is 11.6 Å². The molecule has 0 spiro atoms. The second-order valence-corrected chi connectivity index (χ2v) is 5.41. The topological polar surface area (TPSA) is 32.7 Å². The van der Waals surface area contributed by atoms with E-state index in [1.165, 1.54) is 0 Å². The minimum absolute atomic E-state index is 0.206. The first-order valence-corrected chi connectivity index (χ1v) is 6.77. The Morgan fingerprint density at radius 3 is 2.83 bits per heavy atom. The molecule has 1 fully saturated rings. The van der Waals surface area contributed by atoms with E-state index < -0.39 is 0 Å². The van der Waals surface area contributed by atoms with E-state index >= 15 is 0 Å². The number of halogens is 1. The predicted molar refractivity (Wildman–Crippen MR) is 73.0 cm³/mol. The molecule has 1 heterocycles. The molecular formula is C14H20ClNO2. The number of aromatic hydroxyl groups is 1. The molecule has 4 heteroatoms. The fourth-order valence-electron chi connectivity index (χ4n) is 2.41. The van der Waals surface area contributed by atoms with Gasteiger partial charge in [0.2, 0.25) is 0 Å². The maximum absolute atomic E-state index is 9.87. The zero-order valence-electron chi connectivity index (χ0n) is 10.7. The molecule has 0 aromatic heterocycles. The number of hydrogen-bond acceptors (Lipinski definition) is 3. The first-order valence-electron chi connectivity index (χ1n) is 6.39. The van der Waals surface area contributed by atoms with Crippen LogP contribution in [-0.4, -0.2) is 36.8 Å². The third-order valence-corrected chi connectivity index (χ3v) is 3.73. The van der Waals surface area contributed by atoms with Crippen molar-refractivity contribution < 1.29 is 9.84 Å². The summed E-state index contributed by atoms with van der Waals surface area (Å²) in [7, 11) is 2.08. The van der Waals surface area contributed by atoms with Gasteiger partial charge in [0.15, 0.2) is 0 Å². The number of rotatable bonds is 4. The van der Waals surface area contributed by atoms with Gasteiger partial charge >= 0.3 is 0 Å². The van der Waals surface area contributed by atoms with Crippen LogP contribution in [0.1, 0.15) is 18.4 Å². The summed E-state index contributed by atoms with van der Waals surface area (Å²) in [6.07, 6.45) is 2.26. The third kappa shape index (κ3) is 3.61. The van der Waals surface area contributed by atoms with Crippen LogP contribution in [0.15, 0.2) is 18.2 Å². The van der Waals surface area contributed by atoms with E-state index in [-0.39, 0.29) is 5.75 Å². The molecule has 0 radical (unpaired) electrons. The highest BCUT2D eigenvalue weighted by atomic mass is 35.5. The summed E-state index contributed by atoms with van der Waals surface area (Å²) < 4.78 is 5.36. The van der Waals surface area contributed by atoms with E-state index in [4.69, 9.17) is 16.3 Å². The van der Waals surface area contributed by atoms with Crippen LogP contribution in [0.4, 0.5) is 0 Å². The number of phenols is 1. The van der Waals surface area contributed by atoms with Crippen molar-refractivity contribution in [1.29, 1.82) is 0 Å². The number of benzene rings is 1. The average molecular weight is 270 g/mol. The Morgan fingerprint density at radius 1 is 1.39 bits per heavy atom. The Morgan fingerprint density at radius 2 is 2.11 bits per heavy atom. The lowest BCUT2D eigenvalue weighted by Crippen LogP contribution is -2.29. The Kier molecular flexibility index (Phi) is 4.87. The van der Waals surface area contributed by atoms with Crippen LogP contribution in [0.25, 0.3) is 0 Å². The molecule has 0 atom stereocenters. The largest absolute Gasteiger partial charge is 0.506 e. The van der Waals surface area contributed by atoms with Gasteiger partial charge in [-0.15, -0.1) is 0 Å². The highest BCUT2D eigenvalue weighted by molar-refractivity contribution is 6.32. The molecule has 1 aliphatic heterocycles. The van der Waals surface area contributed by atoms with Gasteiger partial charge in [0.1, 0.15) is 5.75 Å². The highest BCUT2D eigenvalue weighted by Gasteiger charge is 2.16. The maximum atomic E-state index is 9.87. The maximum Gasteiger partial charge on any atom is 0.138 e. The summed E-state index contributed by atoms with van der Waals surface area (Å²) in [6.45, 7) is 3.51. The molecule has 1 aromatic carbocycles.